The third kappa shape index (κ3) is 3.40. The molecule has 0 amide bonds. The van der Waals surface area contributed by atoms with Crippen molar-refractivity contribution in [2.75, 3.05) is 18.4 Å². The smallest absolute Gasteiger partial charge is 0.120 e. The van der Waals surface area contributed by atoms with E-state index in [1.54, 1.807) is 6.20 Å². The van der Waals surface area contributed by atoms with Crippen molar-refractivity contribution in [1.82, 2.24) is 15.3 Å². The van der Waals surface area contributed by atoms with E-state index in [0.29, 0.717) is 0 Å². The van der Waals surface area contributed by atoms with Gasteiger partial charge < -0.3 is 15.6 Å². The van der Waals surface area contributed by atoms with Crippen LogP contribution in [0.25, 0.3) is 0 Å². The average Bonchev–Trinajstić information content (AvgIpc) is 2.83. The van der Waals surface area contributed by atoms with E-state index >= 15 is 0 Å². The molecule has 84 valence electrons. The number of H-pyrrole nitrogens is 1. The maximum absolute atomic E-state index is 4.13. The van der Waals surface area contributed by atoms with E-state index < -0.39 is 0 Å². The number of nitrogens with one attached hydrogen (secondary N) is 3. The first-order valence-corrected chi connectivity index (χ1v) is 5.43. The van der Waals surface area contributed by atoms with Crippen LogP contribution < -0.4 is 10.6 Å². The SMILES string of the molecule is c1ccc(NCCNCc2ncc[nH]2)cc1. The third-order valence-corrected chi connectivity index (χ3v) is 2.25. The van der Waals surface area contributed by atoms with E-state index in [0.717, 1.165) is 31.1 Å². The molecule has 0 saturated carbocycles. The molecule has 1 heterocycles. The maximum Gasteiger partial charge on any atom is 0.120 e. The summed E-state index contributed by atoms with van der Waals surface area (Å²) in [6.07, 6.45) is 3.60. The molecule has 4 nitrogen and oxygen atoms in total. The van der Waals surface area contributed by atoms with Gasteiger partial charge in [-0.05, 0) is 12.1 Å². The molecule has 2 aromatic rings. The molecule has 0 radical (unpaired) electrons. The van der Waals surface area contributed by atoms with E-state index in [9.17, 15) is 0 Å². The highest BCUT2D eigenvalue weighted by molar-refractivity contribution is 5.42. The number of aromatic nitrogens is 2. The Morgan fingerprint density at radius 1 is 1.12 bits per heavy atom. The van der Waals surface area contributed by atoms with Gasteiger partial charge in [-0.3, -0.25) is 0 Å². The second-order valence-electron chi connectivity index (χ2n) is 3.51. The van der Waals surface area contributed by atoms with Gasteiger partial charge in [0.15, 0.2) is 0 Å². The summed E-state index contributed by atoms with van der Waals surface area (Å²) in [6.45, 7) is 2.60. The normalized spacial score (nSPS) is 10.2. The molecule has 0 spiro atoms. The van der Waals surface area contributed by atoms with Crippen LogP contribution in [0.4, 0.5) is 5.69 Å². The van der Waals surface area contributed by atoms with Crippen molar-refractivity contribution in [3.63, 3.8) is 0 Å². The van der Waals surface area contributed by atoms with Crippen molar-refractivity contribution in [1.29, 1.82) is 0 Å². The Balaban J connectivity index is 1.59. The summed E-state index contributed by atoms with van der Waals surface area (Å²) < 4.78 is 0. The highest BCUT2D eigenvalue weighted by atomic mass is 15.0. The van der Waals surface area contributed by atoms with Crippen molar-refractivity contribution in [3.8, 4) is 0 Å². The van der Waals surface area contributed by atoms with E-state index in [2.05, 4.69) is 32.7 Å². The summed E-state index contributed by atoms with van der Waals surface area (Å²) in [4.78, 5) is 7.19. The van der Waals surface area contributed by atoms with Gasteiger partial charge >= 0.3 is 0 Å². The predicted molar refractivity (Wildman–Crippen MR) is 65.2 cm³/mol. The molecule has 0 aliphatic heterocycles. The third-order valence-electron chi connectivity index (χ3n) is 2.25. The molecule has 0 aliphatic rings. The number of anilines is 1. The first-order chi connectivity index (χ1) is 7.95. The van der Waals surface area contributed by atoms with Crippen LogP contribution in [-0.2, 0) is 6.54 Å². The molecule has 0 saturated heterocycles. The zero-order chi connectivity index (χ0) is 11.1. The Morgan fingerprint density at radius 2 is 2.00 bits per heavy atom. The number of rotatable bonds is 6. The van der Waals surface area contributed by atoms with Gasteiger partial charge in [0.1, 0.15) is 5.82 Å². The predicted octanol–water partition coefficient (Wildman–Crippen LogP) is 1.61. The number of para-hydroxylation sites is 1. The molecule has 0 unspecified atom stereocenters. The molecule has 16 heavy (non-hydrogen) atoms. The molecule has 0 bridgehead atoms. The van der Waals surface area contributed by atoms with Crippen molar-refractivity contribution in [2.45, 2.75) is 6.54 Å². The van der Waals surface area contributed by atoms with Crippen molar-refractivity contribution in [2.24, 2.45) is 0 Å². The minimum Gasteiger partial charge on any atom is -0.384 e. The summed E-state index contributed by atoms with van der Waals surface area (Å²) in [5.41, 5.74) is 1.15. The van der Waals surface area contributed by atoms with Gasteiger partial charge in [0.05, 0.1) is 6.54 Å². The average molecular weight is 216 g/mol. The van der Waals surface area contributed by atoms with Crippen LogP contribution in [0.5, 0.6) is 0 Å². The van der Waals surface area contributed by atoms with Crippen LogP contribution >= 0.6 is 0 Å². The van der Waals surface area contributed by atoms with Crippen molar-refractivity contribution in [3.05, 3.63) is 48.5 Å². The molecule has 0 atom stereocenters. The van der Waals surface area contributed by atoms with E-state index in [4.69, 9.17) is 0 Å². The maximum atomic E-state index is 4.13. The number of benzene rings is 1. The lowest BCUT2D eigenvalue weighted by Gasteiger charge is -2.06. The lowest BCUT2D eigenvalue weighted by atomic mass is 10.3. The number of imidazole rings is 1. The summed E-state index contributed by atoms with van der Waals surface area (Å²) in [5, 5.41) is 6.63. The fraction of sp³-hybridized carbons (Fsp3) is 0.250. The molecule has 2 rings (SSSR count). The van der Waals surface area contributed by atoms with E-state index in [1.807, 2.05) is 24.4 Å². The van der Waals surface area contributed by atoms with E-state index in [-0.39, 0.29) is 0 Å². The van der Waals surface area contributed by atoms with Gasteiger partial charge in [0.25, 0.3) is 0 Å². The minimum atomic E-state index is 0.781. The van der Waals surface area contributed by atoms with Gasteiger partial charge in [-0.15, -0.1) is 0 Å². The van der Waals surface area contributed by atoms with Gasteiger partial charge in [-0.1, -0.05) is 18.2 Å². The number of nitrogens with zero attached hydrogens (tertiary/aromatic N) is 1. The Labute approximate surface area is 95.1 Å². The largest absolute Gasteiger partial charge is 0.384 e. The quantitative estimate of drug-likeness (QED) is 0.643. The Morgan fingerprint density at radius 3 is 2.75 bits per heavy atom. The Bertz CT molecular complexity index is 383. The number of hydrogen-bond acceptors (Lipinski definition) is 3. The summed E-state index contributed by atoms with van der Waals surface area (Å²) >= 11 is 0. The lowest BCUT2D eigenvalue weighted by molar-refractivity contribution is 0.682. The zero-order valence-electron chi connectivity index (χ0n) is 9.11. The van der Waals surface area contributed by atoms with Crippen molar-refractivity contribution < 1.29 is 0 Å². The number of hydrogen-bond donors (Lipinski definition) is 3. The van der Waals surface area contributed by atoms with Gasteiger partial charge in [0, 0.05) is 31.2 Å². The molecule has 4 heteroatoms. The summed E-state index contributed by atoms with van der Waals surface area (Å²) in [5.74, 6) is 0.972. The molecule has 3 N–H and O–H groups in total. The van der Waals surface area contributed by atoms with Crippen LogP contribution in [0.15, 0.2) is 42.7 Å². The second-order valence-corrected chi connectivity index (χ2v) is 3.51. The summed E-state index contributed by atoms with van der Waals surface area (Å²) in [7, 11) is 0. The standard InChI is InChI=1S/C12H16N4/c1-2-4-11(5-3-1)14-7-6-13-10-12-15-8-9-16-12/h1-5,8-9,13-14H,6-7,10H2,(H,15,16). The molecular formula is C12H16N4. The van der Waals surface area contributed by atoms with E-state index in [1.165, 1.54) is 0 Å². The number of aromatic amines is 1. The molecule has 0 fully saturated rings. The summed E-state index contributed by atoms with van der Waals surface area (Å²) in [6, 6.07) is 10.2. The van der Waals surface area contributed by atoms with Gasteiger partial charge in [0.2, 0.25) is 0 Å². The van der Waals surface area contributed by atoms with Crippen LogP contribution in [-0.4, -0.2) is 23.1 Å². The molecule has 1 aromatic heterocycles. The van der Waals surface area contributed by atoms with Gasteiger partial charge in [-0.2, -0.15) is 0 Å². The first-order valence-electron chi connectivity index (χ1n) is 5.43. The topological polar surface area (TPSA) is 52.7 Å². The lowest BCUT2D eigenvalue weighted by Crippen LogP contribution is -2.22. The van der Waals surface area contributed by atoms with Crippen LogP contribution in [0.3, 0.4) is 0 Å². The van der Waals surface area contributed by atoms with Crippen LogP contribution in [0, 0.1) is 0 Å². The fourth-order valence-electron chi connectivity index (χ4n) is 1.45. The highest BCUT2D eigenvalue weighted by Gasteiger charge is 1.93. The fourth-order valence-corrected chi connectivity index (χ4v) is 1.45. The van der Waals surface area contributed by atoms with Crippen LogP contribution in [0.2, 0.25) is 0 Å². The highest BCUT2D eigenvalue weighted by Crippen LogP contribution is 2.03. The zero-order valence-corrected chi connectivity index (χ0v) is 9.11. The van der Waals surface area contributed by atoms with Gasteiger partial charge in [-0.25, -0.2) is 4.98 Å². The second kappa shape index (κ2) is 5.92. The minimum absolute atomic E-state index is 0.781. The monoisotopic (exact) mass is 216 g/mol. The Kier molecular flexibility index (Phi) is 3.96. The molecule has 0 aliphatic carbocycles. The van der Waals surface area contributed by atoms with Crippen molar-refractivity contribution >= 4 is 5.69 Å². The molecule has 1 aromatic carbocycles. The van der Waals surface area contributed by atoms with Crippen LogP contribution in [0.1, 0.15) is 5.82 Å². The Hall–Kier alpha value is -1.81. The molecular weight excluding hydrogens is 200 g/mol. The first kappa shape index (κ1) is 10.7.